The minimum atomic E-state index is -0.313. The van der Waals surface area contributed by atoms with E-state index in [-0.39, 0.29) is 11.9 Å². The number of carbonyl (C=O) groups excluding carboxylic acids is 2. The highest BCUT2D eigenvalue weighted by atomic mass is 16.5. The van der Waals surface area contributed by atoms with Crippen LogP contribution in [0.3, 0.4) is 0 Å². The molecule has 0 aromatic heterocycles. The van der Waals surface area contributed by atoms with E-state index in [1.165, 1.54) is 0 Å². The molecule has 0 saturated carbocycles. The van der Waals surface area contributed by atoms with Crippen LogP contribution in [-0.2, 0) is 11.3 Å². The molecule has 0 radical (unpaired) electrons. The molecule has 0 aliphatic carbocycles. The number of anilines is 2. The lowest BCUT2D eigenvalue weighted by molar-refractivity contribution is -0.117. The van der Waals surface area contributed by atoms with Crippen LogP contribution in [0.2, 0.25) is 0 Å². The molecule has 130 valence electrons. The summed E-state index contributed by atoms with van der Waals surface area (Å²) in [6, 6.07) is 14.6. The maximum Gasteiger partial charge on any atom is 0.319 e. The topological polar surface area (TPSA) is 70.7 Å². The van der Waals surface area contributed by atoms with E-state index in [0.29, 0.717) is 24.4 Å². The Hall–Kier alpha value is -3.02. The molecule has 6 nitrogen and oxygen atoms in total. The second kappa shape index (κ2) is 7.70. The van der Waals surface area contributed by atoms with Gasteiger partial charge in [-0.05, 0) is 36.2 Å². The molecular weight excluding hydrogens is 318 g/mol. The highest BCUT2D eigenvalue weighted by molar-refractivity contribution is 5.95. The molecule has 0 atom stereocenters. The van der Waals surface area contributed by atoms with Gasteiger partial charge in [0.25, 0.3) is 0 Å². The van der Waals surface area contributed by atoms with Crippen LogP contribution < -0.4 is 20.3 Å². The van der Waals surface area contributed by atoms with E-state index in [9.17, 15) is 9.59 Å². The van der Waals surface area contributed by atoms with Crippen molar-refractivity contribution in [2.24, 2.45) is 0 Å². The number of nitrogens with zero attached hydrogens (tertiary/aromatic N) is 1. The average molecular weight is 339 g/mol. The largest absolute Gasteiger partial charge is 0.495 e. The van der Waals surface area contributed by atoms with Gasteiger partial charge in [0.05, 0.1) is 12.8 Å². The fourth-order valence-corrected chi connectivity index (χ4v) is 2.85. The van der Waals surface area contributed by atoms with Crippen molar-refractivity contribution in [3.63, 3.8) is 0 Å². The van der Waals surface area contributed by atoms with Crippen LogP contribution in [0.5, 0.6) is 5.75 Å². The van der Waals surface area contributed by atoms with Gasteiger partial charge in [0, 0.05) is 25.2 Å². The molecule has 1 fully saturated rings. The summed E-state index contributed by atoms with van der Waals surface area (Å²) < 4.78 is 5.21. The first-order chi connectivity index (χ1) is 12.2. The fourth-order valence-electron chi connectivity index (χ4n) is 2.85. The van der Waals surface area contributed by atoms with E-state index in [1.54, 1.807) is 24.1 Å². The first-order valence-electron chi connectivity index (χ1n) is 8.24. The highest BCUT2D eigenvalue weighted by Crippen LogP contribution is 2.23. The number of urea groups is 1. The summed E-state index contributed by atoms with van der Waals surface area (Å²) in [5.41, 5.74) is 2.43. The minimum absolute atomic E-state index is 0.152. The third-order valence-electron chi connectivity index (χ3n) is 4.10. The van der Waals surface area contributed by atoms with Gasteiger partial charge in [0.1, 0.15) is 5.75 Å². The Balaban J connectivity index is 1.60. The van der Waals surface area contributed by atoms with Crippen molar-refractivity contribution in [3.8, 4) is 5.75 Å². The Morgan fingerprint density at radius 2 is 2.04 bits per heavy atom. The molecule has 1 aliphatic heterocycles. The first-order valence-corrected chi connectivity index (χ1v) is 8.24. The maximum atomic E-state index is 12.1. The SMILES string of the molecule is COc1ccccc1NC(=O)NCc1cccc(N2CCCC2=O)c1. The van der Waals surface area contributed by atoms with Gasteiger partial charge in [-0.15, -0.1) is 0 Å². The first kappa shape index (κ1) is 16.8. The second-order valence-corrected chi connectivity index (χ2v) is 5.83. The van der Waals surface area contributed by atoms with Gasteiger partial charge in [-0.2, -0.15) is 0 Å². The molecule has 0 bridgehead atoms. The van der Waals surface area contributed by atoms with Crippen LogP contribution in [0.1, 0.15) is 18.4 Å². The molecule has 3 rings (SSSR count). The summed E-state index contributed by atoms with van der Waals surface area (Å²) in [5.74, 6) is 0.756. The van der Waals surface area contributed by atoms with Gasteiger partial charge in [-0.25, -0.2) is 4.79 Å². The van der Waals surface area contributed by atoms with Crippen LogP contribution in [-0.4, -0.2) is 25.6 Å². The van der Waals surface area contributed by atoms with Gasteiger partial charge in [0.15, 0.2) is 0 Å². The smallest absolute Gasteiger partial charge is 0.319 e. The molecule has 2 aromatic carbocycles. The van der Waals surface area contributed by atoms with Crippen molar-refractivity contribution < 1.29 is 14.3 Å². The Morgan fingerprint density at radius 1 is 1.20 bits per heavy atom. The molecule has 1 heterocycles. The number of para-hydroxylation sites is 2. The molecule has 2 aromatic rings. The number of amides is 3. The zero-order valence-electron chi connectivity index (χ0n) is 14.1. The molecule has 1 aliphatic rings. The van der Waals surface area contributed by atoms with E-state index < -0.39 is 0 Å². The van der Waals surface area contributed by atoms with Crippen molar-refractivity contribution in [2.45, 2.75) is 19.4 Å². The van der Waals surface area contributed by atoms with E-state index in [4.69, 9.17) is 4.74 Å². The average Bonchev–Trinajstić information content (AvgIpc) is 3.07. The minimum Gasteiger partial charge on any atom is -0.495 e. The standard InChI is InChI=1S/C19H21N3O3/c1-25-17-9-3-2-8-16(17)21-19(24)20-13-14-6-4-7-15(12-14)22-11-5-10-18(22)23/h2-4,6-9,12H,5,10-11,13H2,1H3,(H2,20,21,24). The molecule has 25 heavy (non-hydrogen) atoms. The van der Waals surface area contributed by atoms with Gasteiger partial charge in [0.2, 0.25) is 5.91 Å². The number of hydrogen-bond donors (Lipinski definition) is 2. The Kier molecular flexibility index (Phi) is 5.18. The Labute approximate surface area is 146 Å². The van der Waals surface area contributed by atoms with Gasteiger partial charge in [-0.1, -0.05) is 24.3 Å². The number of benzene rings is 2. The van der Waals surface area contributed by atoms with Crippen LogP contribution in [0, 0.1) is 0 Å². The predicted octanol–water partition coefficient (Wildman–Crippen LogP) is 3.14. The number of carbonyl (C=O) groups is 2. The van der Waals surface area contributed by atoms with Gasteiger partial charge >= 0.3 is 6.03 Å². The van der Waals surface area contributed by atoms with Crippen LogP contribution in [0.15, 0.2) is 48.5 Å². The lowest BCUT2D eigenvalue weighted by atomic mass is 10.2. The van der Waals surface area contributed by atoms with Crippen molar-refractivity contribution in [1.29, 1.82) is 0 Å². The molecule has 2 N–H and O–H groups in total. The summed E-state index contributed by atoms with van der Waals surface area (Å²) in [6.07, 6.45) is 1.49. The third kappa shape index (κ3) is 4.09. The van der Waals surface area contributed by atoms with E-state index in [0.717, 1.165) is 24.2 Å². The molecule has 3 amide bonds. The van der Waals surface area contributed by atoms with Gasteiger partial charge < -0.3 is 20.3 Å². The van der Waals surface area contributed by atoms with Crippen molar-refractivity contribution in [1.82, 2.24) is 5.32 Å². The number of ether oxygens (including phenoxy) is 1. The molecular formula is C19H21N3O3. The third-order valence-corrected chi connectivity index (χ3v) is 4.10. The summed E-state index contributed by atoms with van der Waals surface area (Å²) in [4.78, 5) is 25.7. The Bertz CT molecular complexity index is 776. The van der Waals surface area contributed by atoms with E-state index >= 15 is 0 Å². The summed E-state index contributed by atoms with van der Waals surface area (Å²) >= 11 is 0. The summed E-state index contributed by atoms with van der Waals surface area (Å²) in [7, 11) is 1.56. The lowest BCUT2D eigenvalue weighted by Crippen LogP contribution is -2.28. The van der Waals surface area contributed by atoms with Crippen molar-refractivity contribution in [2.75, 3.05) is 23.9 Å². The summed E-state index contributed by atoms with van der Waals surface area (Å²) in [6.45, 7) is 1.13. The van der Waals surface area contributed by atoms with Crippen LogP contribution in [0.25, 0.3) is 0 Å². The highest BCUT2D eigenvalue weighted by Gasteiger charge is 2.21. The van der Waals surface area contributed by atoms with Crippen LogP contribution in [0.4, 0.5) is 16.2 Å². The number of rotatable bonds is 5. The van der Waals surface area contributed by atoms with Gasteiger partial charge in [-0.3, -0.25) is 4.79 Å². The van der Waals surface area contributed by atoms with E-state index in [2.05, 4.69) is 10.6 Å². The summed E-state index contributed by atoms with van der Waals surface area (Å²) in [5, 5.41) is 5.59. The Morgan fingerprint density at radius 3 is 2.80 bits per heavy atom. The molecule has 0 spiro atoms. The molecule has 6 heteroatoms. The quantitative estimate of drug-likeness (QED) is 0.879. The second-order valence-electron chi connectivity index (χ2n) is 5.83. The fraction of sp³-hybridized carbons (Fsp3) is 0.263. The lowest BCUT2D eigenvalue weighted by Gasteiger charge is -2.17. The molecule has 1 saturated heterocycles. The monoisotopic (exact) mass is 339 g/mol. The number of methoxy groups -OCH3 is 1. The van der Waals surface area contributed by atoms with Crippen molar-refractivity contribution in [3.05, 3.63) is 54.1 Å². The normalized spacial score (nSPS) is 13.6. The van der Waals surface area contributed by atoms with Crippen molar-refractivity contribution >= 4 is 23.3 Å². The van der Waals surface area contributed by atoms with E-state index in [1.807, 2.05) is 36.4 Å². The zero-order valence-corrected chi connectivity index (χ0v) is 14.1. The predicted molar refractivity (Wildman–Crippen MR) is 96.9 cm³/mol. The number of nitrogens with one attached hydrogen (secondary N) is 2. The van der Waals surface area contributed by atoms with Crippen LogP contribution >= 0.6 is 0 Å². The maximum absolute atomic E-state index is 12.1. The molecule has 0 unspecified atom stereocenters. The number of hydrogen-bond acceptors (Lipinski definition) is 3. The zero-order chi connectivity index (χ0) is 17.6.